The molecule has 0 heterocycles. The molecular formula is C16H31N3O. The third-order valence-corrected chi connectivity index (χ3v) is 3.96. The molecule has 1 saturated carbocycles. The molecule has 0 atom stereocenters. The van der Waals surface area contributed by atoms with Gasteiger partial charge in [0, 0.05) is 40.4 Å². The summed E-state index contributed by atoms with van der Waals surface area (Å²) in [6.45, 7) is 9.58. The van der Waals surface area contributed by atoms with Crippen molar-refractivity contribution in [3.63, 3.8) is 0 Å². The molecule has 0 aromatic heterocycles. The lowest BCUT2D eigenvalue weighted by Gasteiger charge is -2.23. The largest absolute Gasteiger partial charge is 0.385 e. The van der Waals surface area contributed by atoms with Crippen LogP contribution in [-0.2, 0) is 4.74 Å². The topological polar surface area (TPSA) is 36.9 Å². The number of ether oxygens (including phenoxy) is 1. The SMILES string of the molecule is C=CCCCN(C)C(=NCC1(CCOC)CC1)NCC. The van der Waals surface area contributed by atoms with Crippen molar-refractivity contribution in [1.29, 1.82) is 0 Å². The number of hydrogen-bond donors (Lipinski definition) is 1. The van der Waals surface area contributed by atoms with Crippen molar-refractivity contribution in [2.45, 2.75) is 39.0 Å². The number of nitrogens with one attached hydrogen (secondary N) is 1. The summed E-state index contributed by atoms with van der Waals surface area (Å²) in [6, 6.07) is 0. The Morgan fingerprint density at radius 2 is 2.25 bits per heavy atom. The Balaban J connectivity index is 2.47. The average molecular weight is 281 g/mol. The number of guanidine groups is 1. The van der Waals surface area contributed by atoms with Crippen LogP contribution in [0.25, 0.3) is 0 Å². The number of unbranched alkanes of at least 4 members (excludes halogenated alkanes) is 1. The fourth-order valence-corrected chi connectivity index (χ4v) is 2.27. The van der Waals surface area contributed by atoms with Crippen molar-refractivity contribution in [1.82, 2.24) is 10.2 Å². The molecule has 1 aliphatic rings. The van der Waals surface area contributed by atoms with Gasteiger partial charge in [-0.05, 0) is 44.4 Å². The van der Waals surface area contributed by atoms with Gasteiger partial charge in [-0.15, -0.1) is 6.58 Å². The summed E-state index contributed by atoms with van der Waals surface area (Å²) in [5.41, 5.74) is 0.415. The number of hydrogen-bond acceptors (Lipinski definition) is 2. The average Bonchev–Trinajstić information content (AvgIpc) is 3.22. The maximum atomic E-state index is 5.20. The molecule has 0 radical (unpaired) electrons. The Labute approximate surface area is 124 Å². The van der Waals surface area contributed by atoms with Gasteiger partial charge in [0.25, 0.3) is 0 Å². The first-order valence-electron chi connectivity index (χ1n) is 7.77. The van der Waals surface area contributed by atoms with Crippen LogP contribution in [0.2, 0.25) is 0 Å². The fourth-order valence-electron chi connectivity index (χ4n) is 2.27. The van der Waals surface area contributed by atoms with Gasteiger partial charge >= 0.3 is 0 Å². The Morgan fingerprint density at radius 3 is 2.80 bits per heavy atom. The van der Waals surface area contributed by atoms with Crippen LogP contribution in [0.1, 0.15) is 39.0 Å². The molecule has 116 valence electrons. The highest BCUT2D eigenvalue weighted by atomic mass is 16.5. The maximum absolute atomic E-state index is 5.20. The first-order valence-corrected chi connectivity index (χ1v) is 7.77. The second-order valence-corrected chi connectivity index (χ2v) is 5.77. The van der Waals surface area contributed by atoms with Crippen molar-refractivity contribution in [3.05, 3.63) is 12.7 Å². The number of aliphatic imine (C=N–C) groups is 1. The van der Waals surface area contributed by atoms with Crippen molar-refractivity contribution in [2.75, 3.05) is 40.4 Å². The van der Waals surface area contributed by atoms with E-state index in [1.807, 2.05) is 6.08 Å². The summed E-state index contributed by atoms with van der Waals surface area (Å²) in [5, 5.41) is 3.38. The summed E-state index contributed by atoms with van der Waals surface area (Å²) in [7, 11) is 3.89. The molecule has 0 spiro atoms. The Kier molecular flexibility index (Phi) is 7.67. The highest BCUT2D eigenvalue weighted by molar-refractivity contribution is 5.79. The molecular weight excluding hydrogens is 250 g/mol. The summed E-state index contributed by atoms with van der Waals surface area (Å²) < 4.78 is 5.20. The van der Waals surface area contributed by atoms with Gasteiger partial charge in [0.05, 0.1) is 0 Å². The van der Waals surface area contributed by atoms with Gasteiger partial charge in [-0.2, -0.15) is 0 Å². The molecule has 0 aromatic rings. The van der Waals surface area contributed by atoms with Crippen LogP contribution in [0.5, 0.6) is 0 Å². The highest BCUT2D eigenvalue weighted by Crippen LogP contribution is 2.48. The minimum Gasteiger partial charge on any atom is -0.385 e. The molecule has 0 bridgehead atoms. The molecule has 1 N–H and O–H groups in total. The third kappa shape index (κ3) is 5.95. The zero-order chi connectivity index (χ0) is 14.8. The maximum Gasteiger partial charge on any atom is 0.193 e. The third-order valence-electron chi connectivity index (χ3n) is 3.96. The quantitative estimate of drug-likeness (QED) is 0.289. The number of nitrogens with zero attached hydrogens (tertiary/aromatic N) is 2. The van der Waals surface area contributed by atoms with E-state index in [0.717, 1.165) is 51.5 Å². The zero-order valence-corrected chi connectivity index (χ0v) is 13.5. The van der Waals surface area contributed by atoms with E-state index in [1.165, 1.54) is 12.8 Å². The Hall–Kier alpha value is -1.03. The zero-order valence-electron chi connectivity index (χ0n) is 13.5. The summed E-state index contributed by atoms with van der Waals surface area (Å²) in [4.78, 5) is 7.05. The molecule has 0 unspecified atom stereocenters. The van der Waals surface area contributed by atoms with E-state index in [0.29, 0.717) is 5.41 Å². The van der Waals surface area contributed by atoms with E-state index in [2.05, 4.69) is 30.8 Å². The highest BCUT2D eigenvalue weighted by Gasteiger charge is 2.41. The van der Waals surface area contributed by atoms with Crippen LogP contribution in [0.4, 0.5) is 0 Å². The Bertz CT molecular complexity index is 311. The van der Waals surface area contributed by atoms with E-state index in [-0.39, 0.29) is 0 Å². The van der Waals surface area contributed by atoms with E-state index in [9.17, 15) is 0 Å². The molecule has 1 rings (SSSR count). The van der Waals surface area contributed by atoms with Crippen LogP contribution in [-0.4, -0.2) is 51.3 Å². The first kappa shape index (κ1) is 17.0. The minimum atomic E-state index is 0.415. The normalized spacial score (nSPS) is 16.9. The van der Waals surface area contributed by atoms with E-state index in [1.54, 1.807) is 7.11 Å². The van der Waals surface area contributed by atoms with Gasteiger partial charge in [0.15, 0.2) is 5.96 Å². The first-order chi connectivity index (χ1) is 9.67. The van der Waals surface area contributed by atoms with E-state index < -0.39 is 0 Å². The minimum absolute atomic E-state index is 0.415. The van der Waals surface area contributed by atoms with Gasteiger partial charge in [-0.3, -0.25) is 4.99 Å². The lowest BCUT2D eigenvalue weighted by molar-refractivity contribution is 0.174. The molecule has 4 heteroatoms. The van der Waals surface area contributed by atoms with Crippen molar-refractivity contribution < 1.29 is 4.74 Å². The molecule has 1 aliphatic carbocycles. The standard InChI is InChI=1S/C16H31N3O/c1-5-7-8-12-19(3)15(17-6-2)18-14-16(9-10-16)11-13-20-4/h5H,1,6-14H2,2-4H3,(H,17,18). The molecule has 20 heavy (non-hydrogen) atoms. The summed E-state index contributed by atoms with van der Waals surface area (Å²) in [6.07, 6.45) is 7.87. The van der Waals surface area contributed by atoms with Gasteiger partial charge in [-0.25, -0.2) is 0 Å². The molecule has 0 saturated heterocycles. The predicted molar refractivity (Wildman–Crippen MR) is 86.2 cm³/mol. The van der Waals surface area contributed by atoms with Gasteiger partial charge in [-0.1, -0.05) is 6.08 Å². The number of allylic oxidation sites excluding steroid dienone is 1. The molecule has 4 nitrogen and oxygen atoms in total. The number of rotatable bonds is 10. The summed E-state index contributed by atoms with van der Waals surface area (Å²) >= 11 is 0. The number of methoxy groups -OCH3 is 1. The molecule has 0 aromatic carbocycles. The lowest BCUT2D eigenvalue weighted by atomic mass is 10.0. The molecule has 0 amide bonds. The predicted octanol–water partition coefficient (Wildman–Crippen LogP) is 2.67. The Morgan fingerprint density at radius 1 is 1.50 bits per heavy atom. The second-order valence-electron chi connectivity index (χ2n) is 5.77. The second kappa shape index (κ2) is 9.01. The van der Waals surface area contributed by atoms with Crippen LogP contribution in [0.3, 0.4) is 0 Å². The summed E-state index contributed by atoms with van der Waals surface area (Å²) in [5.74, 6) is 1.03. The lowest BCUT2D eigenvalue weighted by Crippen LogP contribution is -2.39. The van der Waals surface area contributed by atoms with Crippen molar-refractivity contribution in [3.8, 4) is 0 Å². The van der Waals surface area contributed by atoms with Crippen molar-refractivity contribution in [2.24, 2.45) is 10.4 Å². The smallest absolute Gasteiger partial charge is 0.193 e. The monoisotopic (exact) mass is 281 g/mol. The van der Waals surface area contributed by atoms with Gasteiger partial charge in [0.2, 0.25) is 0 Å². The van der Waals surface area contributed by atoms with Crippen LogP contribution in [0, 0.1) is 5.41 Å². The molecule has 1 fully saturated rings. The van der Waals surface area contributed by atoms with E-state index in [4.69, 9.17) is 9.73 Å². The van der Waals surface area contributed by atoms with E-state index >= 15 is 0 Å². The van der Waals surface area contributed by atoms with Crippen LogP contribution < -0.4 is 5.32 Å². The van der Waals surface area contributed by atoms with Gasteiger partial charge < -0.3 is 15.0 Å². The van der Waals surface area contributed by atoms with Gasteiger partial charge in [0.1, 0.15) is 0 Å². The van der Waals surface area contributed by atoms with Crippen molar-refractivity contribution >= 4 is 5.96 Å². The molecule has 0 aliphatic heterocycles. The van der Waals surface area contributed by atoms with Crippen LogP contribution >= 0.6 is 0 Å². The van der Waals surface area contributed by atoms with Crippen LogP contribution in [0.15, 0.2) is 17.6 Å². The fraction of sp³-hybridized carbons (Fsp3) is 0.812.